The van der Waals surface area contributed by atoms with Crippen LogP contribution in [-0.4, -0.2) is 20.2 Å². The number of nitrogens with one attached hydrogen (secondary N) is 2. The summed E-state index contributed by atoms with van der Waals surface area (Å²) in [7, 11) is 0. The van der Waals surface area contributed by atoms with Crippen molar-refractivity contribution in [2.24, 2.45) is 0 Å². The van der Waals surface area contributed by atoms with E-state index in [1.54, 1.807) is 12.1 Å². The number of anilines is 1. The molecule has 0 spiro atoms. The Balaban J connectivity index is 1.90. The lowest BCUT2D eigenvalue weighted by molar-refractivity contribution is -0.136. The van der Waals surface area contributed by atoms with Gasteiger partial charge in [-0.1, -0.05) is 26.0 Å². The smallest absolute Gasteiger partial charge is 0.377 e. The zero-order valence-electron chi connectivity index (χ0n) is 13.1. The zero-order valence-corrected chi connectivity index (χ0v) is 13.1. The van der Waals surface area contributed by atoms with Crippen molar-refractivity contribution in [3.8, 4) is 0 Å². The quantitative estimate of drug-likeness (QED) is 0.753. The van der Waals surface area contributed by atoms with Crippen LogP contribution in [0.1, 0.15) is 37.0 Å². The second kappa shape index (κ2) is 6.10. The van der Waals surface area contributed by atoms with E-state index >= 15 is 0 Å². The average Bonchev–Trinajstić information content (AvgIpc) is 3.00. The van der Waals surface area contributed by atoms with Crippen LogP contribution in [0.3, 0.4) is 0 Å². The molecule has 0 radical (unpaired) electrons. The largest absolute Gasteiger partial charge is 0.418 e. The summed E-state index contributed by atoms with van der Waals surface area (Å²) >= 11 is 0. The molecular formula is C16H16F3N5. The lowest BCUT2D eigenvalue weighted by atomic mass is 10.1. The number of nitrogens with zero attached hydrogens (tertiary/aromatic N) is 3. The average molecular weight is 335 g/mol. The van der Waals surface area contributed by atoms with Crippen LogP contribution >= 0.6 is 0 Å². The molecule has 24 heavy (non-hydrogen) atoms. The summed E-state index contributed by atoms with van der Waals surface area (Å²) in [5.41, 5.74) is -0.255. The maximum absolute atomic E-state index is 13.1. The number of hydrogen-bond donors (Lipinski definition) is 2. The number of H-pyrrole nitrogens is 1. The van der Waals surface area contributed by atoms with Gasteiger partial charge in [0.1, 0.15) is 5.82 Å². The summed E-state index contributed by atoms with van der Waals surface area (Å²) in [6, 6.07) is 5.66. The monoisotopic (exact) mass is 335 g/mol. The number of alkyl halides is 3. The van der Waals surface area contributed by atoms with Crippen molar-refractivity contribution >= 4 is 16.6 Å². The summed E-state index contributed by atoms with van der Waals surface area (Å²) in [5, 5.41) is 10.4. The van der Waals surface area contributed by atoms with E-state index < -0.39 is 11.7 Å². The van der Waals surface area contributed by atoms with Crippen molar-refractivity contribution in [2.75, 3.05) is 5.32 Å². The minimum atomic E-state index is -4.44. The van der Waals surface area contributed by atoms with Gasteiger partial charge in [-0.15, -0.1) is 0 Å². The molecule has 2 heterocycles. The summed E-state index contributed by atoms with van der Waals surface area (Å²) in [5.74, 6) is 1.52. The van der Waals surface area contributed by atoms with Gasteiger partial charge in [0.25, 0.3) is 0 Å². The maximum atomic E-state index is 13.1. The van der Waals surface area contributed by atoms with Gasteiger partial charge in [-0.05, 0) is 12.1 Å². The first-order valence-electron chi connectivity index (χ1n) is 7.46. The van der Waals surface area contributed by atoms with Crippen molar-refractivity contribution in [3.05, 3.63) is 47.7 Å². The fourth-order valence-electron chi connectivity index (χ4n) is 2.39. The number of aromatic amines is 1. The van der Waals surface area contributed by atoms with E-state index in [0.29, 0.717) is 29.3 Å². The molecule has 2 aromatic heterocycles. The Labute approximate surface area is 136 Å². The van der Waals surface area contributed by atoms with E-state index in [9.17, 15) is 13.2 Å². The molecule has 1 aromatic carbocycles. The number of rotatable bonds is 4. The standard InChI is InChI=1S/C16H16F3N5/c1-9(2)15-22-13(23-24-15)8-21-12-6-7-20-14-10(12)4-3-5-11(14)16(17,18)19/h3-7,9H,8H2,1-2H3,(H,20,21)(H,22,23,24). The van der Waals surface area contributed by atoms with E-state index in [2.05, 4.69) is 25.5 Å². The zero-order chi connectivity index (χ0) is 17.3. The van der Waals surface area contributed by atoms with E-state index in [4.69, 9.17) is 0 Å². The molecule has 2 N–H and O–H groups in total. The molecule has 0 aliphatic carbocycles. The molecule has 8 heteroatoms. The van der Waals surface area contributed by atoms with Gasteiger partial charge in [0.05, 0.1) is 17.6 Å². The number of halogens is 3. The minimum Gasteiger partial charge on any atom is -0.377 e. The Morgan fingerprint density at radius 1 is 1.21 bits per heavy atom. The molecule has 3 aromatic rings. The van der Waals surface area contributed by atoms with Gasteiger partial charge in [0.15, 0.2) is 5.82 Å². The van der Waals surface area contributed by atoms with Crippen molar-refractivity contribution in [3.63, 3.8) is 0 Å². The molecule has 0 saturated carbocycles. The Bertz CT molecular complexity index is 854. The fourth-order valence-corrected chi connectivity index (χ4v) is 2.39. The number of fused-ring (bicyclic) bond motifs is 1. The van der Waals surface area contributed by atoms with Gasteiger partial charge < -0.3 is 5.32 Å². The normalized spacial score (nSPS) is 12.1. The highest BCUT2D eigenvalue weighted by molar-refractivity contribution is 5.93. The van der Waals surface area contributed by atoms with Gasteiger partial charge >= 0.3 is 6.18 Å². The topological polar surface area (TPSA) is 66.5 Å². The summed E-state index contributed by atoms with van der Waals surface area (Å²) < 4.78 is 39.3. The number of para-hydroxylation sites is 1. The van der Waals surface area contributed by atoms with Gasteiger partial charge in [-0.25, -0.2) is 4.98 Å². The third-order valence-electron chi connectivity index (χ3n) is 3.59. The first-order chi connectivity index (χ1) is 11.4. The molecule has 3 rings (SSSR count). The van der Waals surface area contributed by atoms with Gasteiger partial charge in [0, 0.05) is 23.2 Å². The highest BCUT2D eigenvalue weighted by atomic mass is 19.4. The minimum absolute atomic E-state index is 0.0737. The summed E-state index contributed by atoms with van der Waals surface area (Å²) in [6.07, 6.45) is -3.08. The lowest BCUT2D eigenvalue weighted by Crippen LogP contribution is -2.08. The van der Waals surface area contributed by atoms with Crippen molar-refractivity contribution in [2.45, 2.75) is 32.5 Å². The molecule has 0 aliphatic heterocycles. The van der Waals surface area contributed by atoms with Crippen LogP contribution in [0.15, 0.2) is 30.5 Å². The Morgan fingerprint density at radius 2 is 2.00 bits per heavy atom. The number of pyridine rings is 1. The van der Waals surface area contributed by atoms with Gasteiger partial charge in [-0.3, -0.25) is 10.1 Å². The second-order valence-corrected chi connectivity index (χ2v) is 5.71. The van der Waals surface area contributed by atoms with Gasteiger partial charge in [-0.2, -0.15) is 18.3 Å². The second-order valence-electron chi connectivity index (χ2n) is 5.71. The van der Waals surface area contributed by atoms with Crippen LogP contribution in [-0.2, 0) is 12.7 Å². The SMILES string of the molecule is CC(C)c1n[nH]c(CNc2ccnc3c(C(F)(F)F)cccc23)n1. The molecule has 0 fully saturated rings. The fraction of sp³-hybridized carbons (Fsp3) is 0.312. The predicted octanol–water partition coefficient (Wildman–Crippen LogP) is 4.11. The highest BCUT2D eigenvalue weighted by Crippen LogP contribution is 2.35. The molecule has 126 valence electrons. The molecule has 0 atom stereocenters. The van der Waals surface area contributed by atoms with Crippen LogP contribution in [0.25, 0.3) is 10.9 Å². The van der Waals surface area contributed by atoms with E-state index in [1.807, 2.05) is 13.8 Å². The molecular weight excluding hydrogens is 319 g/mol. The Kier molecular flexibility index (Phi) is 4.13. The van der Waals surface area contributed by atoms with Crippen LogP contribution < -0.4 is 5.32 Å². The number of benzene rings is 1. The van der Waals surface area contributed by atoms with Crippen LogP contribution in [0, 0.1) is 0 Å². The lowest BCUT2D eigenvalue weighted by Gasteiger charge is -2.12. The van der Waals surface area contributed by atoms with E-state index in [-0.39, 0.29) is 11.4 Å². The van der Waals surface area contributed by atoms with Crippen LogP contribution in [0.2, 0.25) is 0 Å². The molecule has 0 amide bonds. The Hall–Kier alpha value is -2.64. The first kappa shape index (κ1) is 16.2. The number of hydrogen-bond acceptors (Lipinski definition) is 4. The highest BCUT2D eigenvalue weighted by Gasteiger charge is 2.33. The summed E-state index contributed by atoms with van der Waals surface area (Å²) in [4.78, 5) is 8.23. The van der Waals surface area contributed by atoms with Crippen molar-refractivity contribution in [1.82, 2.24) is 20.2 Å². The molecule has 5 nitrogen and oxygen atoms in total. The third kappa shape index (κ3) is 3.17. The molecule has 0 saturated heterocycles. The predicted molar refractivity (Wildman–Crippen MR) is 84.5 cm³/mol. The maximum Gasteiger partial charge on any atom is 0.418 e. The number of aromatic nitrogens is 4. The van der Waals surface area contributed by atoms with E-state index in [0.717, 1.165) is 6.07 Å². The molecule has 0 bridgehead atoms. The summed E-state index contributed by atoms with van der Waals surface area (Å²) in [6.45, 7) is 4.29. The van der Waals surface area contributed by atoms with Crippen molar-refractivity contribution < 1.29 is 13.2 Å². The van der Waals surface area contributed by atoms with Crippen LogP contribution in [0.4, 0.5) is 18.9 Å². The molecule has 0 unspecified atom stereocenters. The van der Waals surface area contributed by atoms with Crippen molar-refractivity contribution in [1.29, 1.82) is 0 Å². The third-order valence-corrected chi connectivity index (χ3v) is 3.59. The van der Waals surface area contributed by atoms with Gasteiger partial charge in [0.2, 0.25) is 0 Å². The molecule has 0 aliphatic rings. The van der Waals surface area contributed by atoms with Crippen LogP contribution in [0.5, 0.6) is 0 Å². The first-order valence-corrected chi connectivity index (χ1v) is 7.46. The Morgan fingerprint density at radius 3 is 2.67 bits per heavy atom. The van der Waals surface area contributed by atoms with E-state index in [1.165, 1.54) is 12.3 Å².